The smallest absolute Gasteiger partial charge is 0.0692 e. The van der Waals surface area contributed by atoms with Gasteiger partial charge in [-0.1, -0.05) is 26.7 Å². The lowest BCUT2D eigenvalue weighted by Gasteiger charge is -2.20. The lowest BCUT2D eigenvalue weighted by Crippen LogP contribution is -2.34. The molecule has 0 aromatic carbocycles. The Morgan fingerprint density at radius 2 is 1.82 bits per heavy atom. The number of methoxy groups -OCH3 is 1. The zero-order valence-corrected chi connectivity index (χ0v) is 11.6. The van der Waals surface area contributed by atoms with E-state index in [2.05, 4.69) is 19.2 Å². The first-order valence-electron chi connectivity index (χ1n) is 6.71. The number of nitrogens with one attached hydrogen (secondary N) is 1. The molecule has 0 rings (SSSR count). The van der Waals surface area contributed by atoms with Crippen LogP contribution in [0.3, 0.4) is 0 Å². The molecule has 0 fully saturated rings. The zero-order chi connectivity index (χ0) is 12.9. The second kappa shape index (κ2) is 12.3. The molecule has 4 nitrogen and oxygen atoms in total. The van der Waals surface area contributed by atoms with Crippen molar-refractivity contribution in [2.75, 3.05) is 40.0 Å². The molecular weight excluding hydrogens is 218 g/mol. The molecule has 1 unspecified atom stereocenters. The molecule has 0 aromatic rings. The van der Waals surface area contributed by atoms with Crippen molar-refractivity contribution < 1.29 is 14.6 Å². The van der Waals surface area contributed by atoms with E-state index in [0.29, 0.717) is 19.1 Å². The van der Waals surface area contributed by atoms with Crippen molar-refractivity contribution >= 4 is 0 Å². The van der Waals surface area contributed by atoms with Crippen LogP contribution in [0.2, 0.25) is 0 Å². The molecule has 0 aromatic heterocycles. The van der Waals surface area contributed by atoms with Gasteiger partial charge in [0.2, 0.25) is 0 Å². The van der Waals surface area contributed by atoms with E-state index in [0.717, 1.165) is 39.0 Å². The summed E-state index contributed by atoms with van der Waals surface area (Å²) in [5, 5.41) is 13.1. The van der Waals surface area contributed by atoms with E-state index >= 15 is 0 Å². The Hall–Kier alpha value is -0.160. The molecule has 0 aliphatic carbocycles. The number of rotatable bonds is 12. The quantitative estimate of drug-likeness (QED) is 0.512. The van der Waals surface area contributed by atoms with Gasteiger partial charge >= 0.3 is 0 Å². The average Bonchev–Trinajstić information content (AvgIpc) is 2.34. The highest BCUT2D eigenvalue weighted by atomic mass is 16.5. The Morgan fingerprint density at radius 1 is 1.12 bits per heavy atom. The van der Waals surface area contributed by atoms with E-state index in [1.54, 1.807) is 7.11 Å². The molecule has 0 spiro atoms. The highest BCUT2D eigenvalue weighted by Crippen LogP contribution is 2.11. The first-order valence-corrected chi connectivity index (χ1v) is 6.71. The first-order chi connectivity index (χ1) is 8.26. The Kier molecular flexibility index (Phi) is 12.2. The van der Waals surface area contributed by atoms with Gasteiger partial charge in [0.1, 0.15) is 0 Å². The third-order valence-corrected chi connectivity index (χ3v) is 3.01. The summed E-state index contributed by atoms with van der Waals surface area (Å²) in [6.07, 6.45) is 2.77. The third-order valence-electron chi connectivity index (χ3n) is 3.01. The fourth-order valence-corrected chi connectivity index (χ4v) is 1.80. The second-order valence-electron chi connectivity index (χ2n) is 4.31. The second-order valence-corrected chi connectivity index (χ2v) is 4.31. The highest BCUT2D eigenvalue weighted by Gasteiger charge is 2.14. The van der Waals surface area contributed by atoms with Crippen molar-refractivity contribution in [1.82, 2.24) is 5.32 Å². The number of aliphatic hydroxyl groups excluding tert-OH is 1. The van der Waals surface area contributed by atoms with Crippen LogP contribution in [-0.4, -0.2) is 51.2 Å². The summed E-state index contributed by atoms with van der Waals surface area (Å²) >= 11 is 0. The Labute approximate surface area is 106 Å². The summed E-state index contributed by atoms with van der Waals surface area (Å²) in [6, 6.07) is 0. The lowest BCUT2D eigenvalue weighted by atomic mass is 9.97. The molecule has 0 amide bonds. The van der Waals surface area contributed by atoms with Crippen molar-refractivity contribution in [3.8, 4) is 0 Å². The maximum Gasteiger partial charge on any atom is 0.0692 e. The van der Waals surface area contributed by atoms with E-state index in [1.165, 1.54) is 0 Å². The normalized spacial score (nSPS) is 13.2. The molecule has 0 aliphatic rings. The molecule has 1 atom stereocenters. The van der Waals surface area contributed by atoms with Crippen molar-refractivity contribution in [3.05, 3.63) is 0 Å². The van der Waals surface area contributed by atoms with Gasteiger partial charge in [-0.2, -0.15) is 0 Å². The molecule has 0 saturated heterocycles. The van der Waals surface area contributed by atoms with Gasteiger partial charge in [0.05, 0.1) is 12.7 Å². The monoisotopic (exact) mass is 247 g/mol. The van der Waals surface area contributed by atoms with Gasteiger partial charge in [-0.3, -0.25) is 0 Å². The van der Waals surface area contributed by atoms with E-state index < -0.39 is 0 Å². The number of hydrogen-bond donors (Lipinski definition) is 2. The minimum absolute atomic E-state index is 0.238. The molecule has 104 valence electrons. The molecular formula is C13H29NO3. The molecule has 17 heavy (non-hydrogen) atoms. The summed E-state index contributed by atoms with van der Waals surface area (Å²) < 4.78 is 10.3. The van der Waals surface area contributed by atoms with Crippen LogP contribution in [0, 0.1) is 5.92 Å². The van der Waals surface area contributed by atoms with Crippen molar-refractivity contribution in [1.29, 1.82) is 0 Å². The van der Waals surface area contributed by atoms with E-state index in [9.17, 15) is 5.11 Å². The molecule has 0 aliphatic heterocycles. The molecule has 0 heterocycles. The summed E-state index contributed by atoms with van der Waals surface area (Å²) in [5.41, 5.74) is 0. The van der Waals surface area contributed by atoms with Crippen LogP contribution >= 0.6 is 0 Å². The summed E-state index contributed by atoms with van der Waals surface area (Å²) in [6.45, 7) is 7.88. The van der Waals surface area contributed by atoms with E-state index in [-0.39, 0.29) is 6.10 Å². The molecule has 0 saturated carbocycles. The SMILES string of the molecule is CCC(CC)C(O)CNCCOCCCOC. The van der Waals surface area contributed by atoms with Gasteiger partial charge in [-0.15, -0.1) is 0 Å². The summed E-state index contributed by atoms with van der Waals surface area (Å²) in [5.74, 6) is 0.408. The van der Waals surface area contributed by atoms with Gasteiger partial charge in [0.25, 0.3) is 0 Å². The van der Waals surface area contributed by atoms with E-state index in [4.69, 9.17) is 9.47 Å². The molecule has 0 radical (unpaired) electrons. The highest BCUT2D eigenvalue weighted by molar-refractivity contribution is 4.68. The van der Waals surface area contributed by atoms with Gasteiger partial charge in [-0.25, -0.2) is 0 Å². The lowest BCUT2D eigenvalue weighted by molar-refractivity contribution is 0.0876. The van der Waals surface area contributed by atoms with Crippen LogP contribution in [0.1, 0.15) is 33.1 Å². The Morgan fingerprint density at radius 3 is 2.41 bits per heavy atom. The standard InChI is InChI=1S/C13H29NO3/c1-4-12(5-2)13(15)11-14-7-10-17-9-6-8-16-3/h12-15H,4-11H2,1-3H3. The van der Waals surface area contributed by atoms with Crippen LogP contribution in [-0.2, 0) is 9.47 Å². The largest absolute Gasteiger partial charge is 0.392 e. The number of aliphatic hydroxyl groups is 1. The van der Waals surface area contributed by atoms with Gasteiger partial charge in [0, 0.05) is 33.4 Å². The van der Waals surface area contributed by atoms with Crippen LogP contribution in [0.4, 0.5) is 0 Å². The third kappa shape index (κ3) is 9.53. The predicted octanol–water partition coefficient (Wildman–Crippen LogP) is 1.43. The zero-order valence-electron chi connectivity index (χ0n) is 11.6. The number of ether oxygens (including phenoxy) is 2. The van der Waals surface area contributed by atoms with Gasteiger partial charge < -0.3 is 19.9 Å². The minimum atomic E-state index is -0.238. The summed E-state index contributed by atoms with van der Waals surface area (Å²) in [7, 11) is 1.70. The Bertz CT molecular complexity index is 152. The topological polar surface area (TPSA) is 50.7 Å². The van der Waals surface area contributed by atoms with Crippen LogP contribution in [0.15, 0.2) is 0 Å². The molecule has 2 N–H and O–H groups in total. The summed E-state index contributed by atoms with van der Waals surface area (Å²) in [4.78, 5) is 0. The predicted molar refractivity (Wildman–Crippen MR) is 70.3 cm³/mol. The minimum Gasteiger partial charge on any atom is -0.392 e. The van der Waals surface area contributed by atoms with Gasteiger partial charge in [0.15, 0.2) is 0 Å². The van der Waals surface area contributed by atoms with Crippen molar-refractivity contribution in [2.45, 2.75) is 39.2 Å². The molecule has 4 heteroatoms. The van der Waals surface area contributed by atoms with Crippen molar-refractivity contribution in [3.63, 3.8) is 0 Å². The van der Waals surface area contributed by atoms with E-state index in [1.807, 2.05) is 0 Å². The fourth-order valence-electron chi connectivity index (χ4n) is 1.80. The first kappa shape index (κ1) is 16.8. The molecule has 0 bridgehead atoms. The fraction of sp³-hybridized carbons (Fsp3) is 1.00. The van der Waals surface area contributed by atoms with Crippen LogP contribution < -0.4 is 5.32 Å². The van der Waals surface area contributed by atoms with Crippen LogP contribution in [0.5, 0.6) is 0 Å². The number of hydrogen-bond acceptors (Lipinski definition) is 4. The maximum absolute atomic E-state index is 9.86. The Balaban J connectivity index is 3.27. The van der Waals surface area contributed by atoms with Crippen molar-refractivity contribution in [2.24, 2.45) is 5.92 Å². The average molecular weight is 247 g/mol. The van der Waals surface area contributed by atoms with Crippen LogP contribution in [0.25, 0.3) is 0 Å². The van der Waals surface area contributed by atoms with Gasteiger partial charge in [-0.05, 0) is 12.3 Å². The maximum atomic E-state index is 9.86.